The number of imidazole rings is 1. The molecule has 1 amide bonds. The van der Waals surface area contributed by atoms with E-state index in [4.69, 9.17) is 0 Å². The molecule has 28 heavy (non-hydrogen) atoms. The zero-order valence-corrected chi connectivity index (χ0v) is 15.8. The van der Waals surface area contributed by atoms with Crippen molar-refractivity contribution in [1.29, 1.82) is 0 Å². The molecule has 3 aromatic rings. The number of benzene rings is 2. The Labute approximate surface area is 160 Å². The summed E-state index contributed by atoms with van der Waals surface area (Å²) in [6.45, 7) is 0. The van der Waals surface area contributed by atoms with Crippen LogP contribution in [0.25, 0.3) is 11.0 Å². The molecule has 0 bridgehead atoms. The molecule has 3 rings (SSSR count). The van der Waals surface area contributed by atoms with Gasteiger partial charge in [-0.1, -0.05) is 12.1 Å². The van der Waals surface area contributed by atoms with Crippen LogP contribution in [-0.2, 0) is 24.4 Å². The van der Waals surface area contributed by atoms with Gasteiger partial charge in [0.1, 0.15) is 0 Å². The number of aromatic nitrogens is 2. The van der Waals surface area contributed by atoms with E-state index in [0.717, 1.165) is 29.1 Å². The Kier molecular flexibility index (Phi) is 5.31. The van der Waals surface area contributed by atoms with Gasteiger partial charge in [-0.25, -0.2) is 4.98 Å². The number of hydrogen-bond acceptors (Lipinski definition) is 3. The molecule has 2 aromatic carbocycles. The van der Waals surface area contributed by atoms with Crippen LogP contribution >= 0.6 is 0 Å². The van der Waals surface area contributed by atoms with E-state index in [-0.39, 0.29) is 12.3 Å². The highest BCUT2D eigenvalue weighted by molar-refractivity contribution is 5.93. The van der Waals surface area contributed by atoms with E-state index in [0.29, 0.717) is 17.7 Å². The van der Waals surface area contributed by atoms with E-state index < -0.39 is 11.7 Å². The predicted molar refractivity (Wildman–Crippen MR) is 103 cm³/mol. The van der Waals surface area contributed by atoms with E-state index in [1.54, 1.807) is 6.07 Å². The molecule has 0 aliphatic heterocycles. The van der Waals surface area contributed by atoms with Gasteiger partial charge in [-0.05, 0) is 42.3 Å². The molecule has 0 unspecified atom stereocenters. The third-order valence-electron chi connectivity index (χ3n) is 4.46. The van der Waals surface area contributed by atoms with Gasteiger partial charge in [-0.15, -0.1) is 0 Å². The second-order valence-corrected chi connectivity index (χ2v) is 6.81. The van der Waals surface area contributed by atoms with Gasteiger partial charge in [-0.2, -0.15) is 13.2 Å². The number of rotatable bonds is 5. The van der Waals surface area contributed by atoms with E-state index >= 15 is 0 Å². The zero-order chi connectivity index (χ0) is 20.5. The van der Waals surface area contributed by atoms with Crippen LogP contribution in [0, 0.1) is 0 Å². The van der Waals surface area contributed by atoms with Crippen LogP contribution in [0.3, 0.4) is 0 Å². The van der Waals surface area contributed by atoms with Gasteiger partial charge >= 0.3 is 6.18 Å². The molecule has 8 heteroatoms. The number of nitrogens with one attached hydrogen (secondary N) is 1. The van der Waals surface area contributed by atoms with E-state index in [2.05, 4.69) is 10.3 Å². The summed E-state index contributed by atoms with van der Waals surface area (Å²) in [4.78, 5) is 18.7. The van der Waals surface area contributed by atoms with Crippen molar-refractivity contribution in [2.24, 2.45) is 7.05 Å². The highest BCUT2D eigenvalue weighted by atomic mass is 19.4. The number of carbonyl (C=O) groups excluding carboxylic acids is 1. The van der Waals surface area contributed by atoms with Crippen LogP contribution < -0.4 is 10.2 Å². The molecule has 1 N–H and O–H groups in total. The normalized spacial score (nSPS) is 11.6. The number of hydrogen-bond donors (Lipinski definition) is 1. The average molecular weight is 390 g/mol. The number of halogens is 3. The van der Waals surface area contributed by atoms with Crippen molar-refractivity contribution in [3.63, 3.8) is 0 Å². The number of alkyl halides is 3. The minimum Gasteiger partial charge on any atom is -0.348 e. The molecule has 148 valence electrons. The van der Waals surface area contributed by atoms with Crippen molar-refractivity contribution >= 4 is 28.6 Å². The van der Waals surface area contributed by atoms with Gasteiger partial charge in [0, 0.05) is 33.3 Å². The molecule has 0 spiro atoms. The van der Waals surface area contributed by atoms with Crippen LogP contribution in [0.4, 0.5) is 24.8 Å². The third-order valence-corrected chi connectivity index (χ3v) is 4.46. The number of anilines is 2. The maximum atomic E-state index is 12.6. The Morgan fingerprint density at radius 1 is 1.14 bits per heavy atom. The van der Waals surface area contributed by atoms with Gasteiger partial charge in [0.2, 0.25) is 11.9 Å². The van der Waals surface area contributed by atoms with Crippen LogP contribution in [0.15, 0.2) is 42.5 Å². The summed E-state index contributed by atoms with van der Waals surface area (Å²) < 4.78 is 39.7. The second kappa shape index (κ2) is 7.53. The molecular weight excluding hydrogens is 369 g/mol. The molecule has 0 aliphatic carbocycles. The number of carbonyl (C=O) groups is 1. The Bertz CT molecular complexity index is 991. The molecule has 0 fully saturated rings. The van der Waals surface area contributed by atoms with Gasteiger partial charge < -0.3 is 14.8 Å². The first-order valence-corrected chi connectivity index (χ1v) is 8.75. The molecule has 0 aliphatic rings. The first-order valence-electron chi connectivity index (χ1n) is 8.75. The van der Waals surface area contributed by atoms with Crippen LogP contribution in [0.5, 0.6) is 0 Å². The lowest BCUT2D eigenvalue weighted by Crippen LogP contribution is -2.14. The zero-order valence-electron chi connectivity index (χ0n) is 15.8. The standard InChI is InChI=1S/C20H21F3N4O/c1-26(2)19-25-16-10-9-15(12-17(16)27(19)3)24-18(28)11-6-13-4-7-14(8-5-13)20(21,22)23/h4-5,7-10,12H,6,11H2,1-3H3,(H,24,28). The summed E-state index contributed by atoms with van der Waals surface area (Å²) >= 11 is 0. The Balaban J connectivity index is 1.64. The average Bonchev–Trinajstić information content (AvgIpc) is 2.96. The van der Waals surface area contributed by atoms with Crippen molar-refractivity contribution in [2.45, 2.75) is 19.0 Å². The minimum atomic E-state index is -4.35. The van der Waals surface area contributed by atoms with E-state index in [1.807, 2.05) is 42.7 Å². The lowest BCUT2D eigenvalue weighted by molar-refractivity contribution is -0.137. The van der Waals surface area contributed by atoms with Gasteiger partial charge in [0.15, 0.2) is 0 Å². The predicted octanol–water partition coefficient (Wildman–Crippen LogP) is 4.23. The third kappa shape index (κ3) is 4.27. The monoisotopic (exact) mass is 390 g/mol. The molecule has 0 radical (unpaired) electrons. The molecule has 1 aromatic heterocycles. The summed E-state index contributed by atoms with van der Waals surface area (Å²) in [5.41, 5.74) is 2.36. The van der Waals surface area contributed by atoms with Crippen LogP contribution in [-0.4, -0.2) is 29.6 Å². The molecule has 0 saturated heterocycles. The Morgan fingerprint density at radius 2 is 1.82 bits per heavy atom. The summed E-state index contributed by atoms with van der Waals surface area (Å²) in [5, 5.41) is 2.83. The number of fused-ring (bicyclic) bond motifs is 1. The van der Waals surface area contributed by atoms with Crippen molar-refractivity contribution in [3.05, 3.63) is 53.6 Å². The maximum Gasteiger partial charge on any atom is 0.416 e. The lowest BCUT2D eigenvalue weighted by atomic mass is 10.1. The first-order chi connectivity index (χ1) is 13.1. The van der Waals surface area contributed by atoms with E-state index in [9.17, 15) is 18.0 Å². The van der Waals surface area contributed by atoms with Crippen molar-refractivity contribution in [1.82, 2.24) is 9.55 Å². The minimum absolute atomic E-state index is 0.178. The fourth-order valence-corrected chi connectivity index (χ4v) is 3.00. The van der Waals surface area contributed by atoms with Crippen LogP contribution in [0.2, 0.25) is 0 Å². The molecule has 5 nitrogen and oxygen atoms in total. The Morgan fingerprint density at radius 3 is 2.43 bits per heavy atom. The van der Waals surface area contributed by atoms with Crippen molar-refractivity contribution < 1.29 is 18.0 Å². The summed E-state index contributed by atoms with van der Waals surface area (Å²) in [5.74, 6) is 0.607. The summed E-state index contributed by atoms with van der Waals surface area (Å²) in [6.07, 6.45) is -3.81. The van der Waals surface area contributed by atoms with E-state index in [1.165, 1.54) is 12.1 Å². The number of aryl methyl sites for hydroxylation is 2. The van der Waals surface area contributed by atoms with Crippen molar-refractivity contribution in [3.8, 4) is 0 Å². The fourth-order valence-electron chi connectivity index (χ4n) is 3.00. The number of nitrogens with zero attached hydrogens (tertiary/aromatic N) is 3. The SMILES string of the molecule is CN(C)c1nc2ccc(NC(=O)CCc3ccc(C(F)(F)F)cc3)cc2n1C. The lowest BCUT2D eigenvalue weighted by Gasteiger charge is -2.11. The molecule has 1 heterocycles. The van der Waals surface area contributed by atoms with Gasteiger partial charge in [0.25, 0.3) is 0 Å². The number of amides is 1. The first kappa shape index (κ1) is 19.7. The smallest absolute Gasteiger partial charge is 0.348 e. The molecule has 0 saturated carbocycles. The summed E-state index contributed by atoms with van der Waals surface area (Å²) in [7, 11) is 5.72. The van der Waals surface area contributed by atoms with Crippen LogP contribution in [0.1, 0.15) is 17.5 Å². The summed E-state index contributed by atoms with van der Waals surface area (Å²) in [6, 6.07) is 10.4. The highest BCUT2D eigenvalue weighted by Gasteiger charge is 2.29. The van der Waals surface area contributed by atoms with Gasteiger partial charge in [0.05, 0.1) is 16.6 Å². The maximum absolute atomic E-state index is 12.6. The Hall–Kier alpha value is -3.03. The highest BCUT2D eigenvalue weighted by Crippen LogP contribution is 2.29. The second-order valence-electron chi connectivity index (χ2n) is 6.81. The molecule has 0 atom stereocenters. The topological polar surface area (TPSA) is 50.2 Å². The quantitative estimate of drug-likeness (QED) is 0.709. The fraction of sp³-hybridized carbons (Fsp3) is 0.300. The van der Waals surface area contributed by atoms with Crippen molar-refractivity contribution in [2.75, 3.05) is 24.3 Å². The van der Waals surface area contributed by atoms with Gasteiger partial charge in [-0.3, -0.25) is 4.79 Å². The molecular formula is C20H21F3N4O. The largest absolute Gasteiger partial charge is 0.416 e.